The zero-order valence-electron chi connectivity index (χ0n) is 7.20. The number of amidine groups is 1. The van der Waals surface area contributed by atoms with E-state index in [0.29, 0.717) is 24.7 Å². The number of rotatable bonds is 2. The smallest absolute Gasteiger partial charge is 0.115 e. The Morgan fingerprint density at radius 2 is 2.00 bits per heavy atom. The van der Waals surface area contributed by atoms with Crippen LogP contribution in [0.1, 0.15) is 0 Å². The highest BCUT2D eigenvalue weighted by Gasteiger charge is 2.12. The molecule has 0 aliphatic rings. The van der Waals surface area contributed by atoms with Crippen LogP contribution in [0.5, 0.6) is 0 Å². The number of nitrogens with two attached hydrogens (primary N) is 1. The van der Waals surface area contributed by atoms with E-state index in [0.717, 1.165) is 0 Å². The van der Waals surface area contributed by atoms with E-state index in [1.807, 2.05) is 0 Å². The lowest BCUT2D eigenvalue weighted by Crippen LogP contribution is -2.12. The summed E-state index contributed by atoms with van der Waals surface area (Å²) in [4.78, 5) is 4.06. The fraction of sp³-hybridized carbons (Fsp3) is 0.125. The molecule has 2 nitrogen and oxygen atoms in total. The van der Waals surface area contributed by atoms with Crippen LogP contribution in [0.3, 0.4) is 0 Å². The monoisotopic (exact) mass is 392 g/mol. The molecule has 0 saturated carbocycles. The van der Waals surface area contributed by atoms with Crippen LogP contribution in [0.4, 0.5) is 5.69 Å². The average Bonchev–Trinajstić information content (AvgIpc) is 2.21. The summed E-state index contributed by atoms with van der Waals surface area (Å²) in [5.74, 6) is 0.411. The van der Waals surface area contributed by atoms with E-state index < -0.39 is 0 Å². The maximum atomic E-state index is 5.99. The minimum absolute atomic E-state index is 0.135. The third-order valence-corrected chi connectivity index (χ3v) is 4.29. The Kier molecular flexibility index (Phi) is 5.19. The molecule has 0 aliphatic carbocycles. The second kappa shape index (κ2) is 5.73. The summed E-state index contributed by atoms with van der Waals surface area (Å²) in [6.45, 7) is 0. The van der Waals surface area contributed by atoms with Gasteiger partial charge in [0.05, 0.1) is 26.1 Å². The number of nitrogens with zero attached hydrogens (tertiary/aromatic N) is 1. The largest absolute Gasteiger partial charge is 0.386 e. The Labute approximate surface area is 119 Å². The second-order valence-electron chi connectivity index (χ2n) is 2.55. The molecule has 0 fully saturated rings. The lowest BCUT2D eigenvalue weighted by Gasteiger charge is -2.06. The Hall–Kier alpha value is 0.520. The first kappa shape index (κ1) is 13.6. The molecular weight excluding hydrogens is 390 g/mol. The maximum Gasteiger partial charge on any atom is 0.115 e. The van der Waals surface area contributed by atoms with Crippen LogP contribution in [0.25, 0.3) is 0 Å². The van der Waals surface area contributed by atoms with E-state index in [-0.39, 0.29) is 11.7 Å². The van der Waals surface area contributed by atoms with Crippen LogP contribution in [0.2, 0.25) is 10.0 Å². The van der Waals surface area contributed by atoms with Gasteiger partial charge in [-0.15, -0.1) is 11.6 Å². The van der Waals surface area contributed by atoms with Gasteiger partial charge in [-0.1, -0.05) is 23.2 Å². The van der Waals surface area contributed by atoms with Gasteiger partial charge in [0.2, 0.25) is 0 Å². The molecule has 0 aromatic heterocycles. The Morgan fingerprint density at radius 3 is 2.53 bits per heavy atom. The van der Waals surface area contributed by atoms with Crippen molar-refractivity contribution < 1.29 is 0 Å². The topological polar surface area (TPSA) is 38.4 Å². The zero-order chi connectivity index (χ0) is 11.6. The number of hydrogen-bond acceptors (Lipinski definition) is 1. The first-order chi connectivity index (χ1) is 6.97. The van der Waals surface area contributed by atoms with Gasteiger partial charge in [0.15, 0.2) is 0 Å². The Bertz CT molecular complexity index is 421. The van der Waals surface area contributed by atoms with E-state index in [4.69, 9.17) is 40.5 Å². The summed E-state index contributed by atoms with van der Waals surface area (Å²) < 4.78 is 1.26. The van der Waals surface area contributed by atoms with Crippen molar-refractivity contribution >= 4 is 78.2 Å². The lowest BCUT2D eigenvalue weighted by atomic mass is 10.3. The van der Waals surface area contributed by atoms with Gasteiger partial charge < -0.3 is 5.73 Å². The molecule has 1 rings (SSSR count). The summed E-state index contributed by atoms with van der Waals surface area (Å²) in [5, 5.41) is 0.923. The molecule has 0 aliphatic heterocycles. The molecule has 0 heterocycles. The average molecular weight is 395 g/mol. The SMILES string of the molecule is NC(CCl)=Nc1c(Cl)cc(Br)c(Cl)c1Br. The van der Waals surface area contributed by atoms with Crippen LogP contribution in [0, 0.1) is 0 Å². The fourth-order valence-electron chi connectivity index (χ4n) is 0.833. The normalized spacial score (nSPS) is 11.9. The fourth-order valence-corrected chi connectivity index (χ4v) is 2.74. The van der Waals surface area contributed by atoms with E-state index in [1.54, 1.807) is 6.07 Å². The molecule has 0 radical (unpaired) electrons. The van der Waals surface area contributed by atoms with E-state index in [2.05, 4.69) is 36.9 Å². The van der Waals surface area contributed by atoms with Gasteiger partial charge >= 0.3 is 0 Å². The van der Waals surface area contributed by atoms with Crippen molar-refractivity contribution in [3.8, 4) is 0 Å². The zero-order valence-corrected chi connectivity index (χ0v) is 12.6. The van der Waals surface area contributed by atoms with Gasteiger partial charge in [-0.3, -0.25) is 0 Å². The number of benzene rings is 1. The summed E-state index contributed by atoms with van der Waals surface area (Å²) in [6.07, 6.45) is 0. The minimum atomic E-state index is 0.135. The van der Waals surface area contributed by atoms with E-state index >= 15 is 0 Å². The van der Waals surface area contributed by atoms with Crippen LogP contribution >= 0.6 is 66.7 Å². The van der Waals surface area contributed by atoms with Crippen LogP contribution in [-0.4, -0.2) is 11.7 Å². The quantitative estimate of drug-likeness (QED) is 0.254. The van der Waals surface area contributed by atoms with E-state index in [9.17, 15) is 0 Å². The molecular formula is C8H5Br2Cl3N2. The molecule has 82 valence electrons. The highest BCUT2D eigenvalue weighted by Crippen LogP contribution is 2.42. The maximum absolute atomic E-state index is 5.99. The number of hydrogen-bond donors (Lipinski definition) is 1. The van der Waals surface area contributed by atoms with Crippen molar-refractivity contribution in [3.05, 3.63) is 25.1 Å². The first-order valence-corrected chi connectivity index (χ1v) is 6.57. The van der Waals surface area contributed by atoms with Gasteiger partial charge in [-0.05, 0) is 37.9 Å². The van der Waals surface area contributed by atoms with Crippen molar-refractivity contribution in [1.29, 1.82) is 0 Å². The number of aliphatic imine (C=N–C) groups is 1. The summed E-state index contributed by atoms with van der Waals surface area (Å²) >= 11 is 24.0. The highest BCUT2D eigenvalue weighted by atomic mass is 79.9. The number of alkyl halides is 1. The Balaban J connectivity index is 3.36. The van der Waals surface area contributed by atoms with Crippen molar-refractivity contribution in [1.82, 2.24) is 0 Å². The minimum Gasteiger partial charge on any atom is -0.386 e. The predicted octanol–water partition coefficient (Wildman–Crippen LogP) is 4.75. The third kappa shape index (κ3) is 3.24. The summed E-state index contributed by atoms with van der Waals surface area (Å²) in [7, 11) is 0. The molecule has 7 heteroatoms. The van der Waals surface area contributed by atoms with Gasteiger partial charge in [0.1, 0.15) is 5.84 Å². The van der Waals surface area contributed by atoms with Crippen LogP contribution in [-0.2, 0) is 0 Å². The molecule has 0 atom stereocenters. The molecule has 1 aromatic carbocycles. The van der Waals surface area contributed by atoms with Crippen molar-refractivity contribution in [2.24, 2.45) is 10.7 Å². The predicted molar refractivity (Wildman–Crippen MR) is 73.9 cm³/mol. The first-order valence-electron chi connectivity index (χ1n) is 3.69. The van der Waals surface area contributed by atoms with Gasteiger partial charge in [-0.2, -0.15) is 0 Å². The van der Waals surface area contributed by atoms with Crippen molar-refractivity contribution in [2.75, 3.05) is 5.88 Å². The molecule has 0 amide bonds. The molecule has 0 bridgehead atoms. The molecule has 0 spiro atoms. The molecule has 15 heavy (non-hydrogen) atoms. The lowest BCUT2D eigenvalue weighted by molar-refractivity contribution is 1.42. The molecule has 0 saturated heterocycles. The summed E-state index contributed by atoms with van der Waals surface area (Å²) in [6, 6.07) is 1.65. The van der Waals surface area contributed by atoms with Crippen molar-refractivity contribution in [3.63, 3.8) is 0 Å². The van der Waals surface area contributed by atoms with Crippen LogP contribution in [0.15, 0.2) is 20.0 Å². The number of halogens is 5. The standard InChI is InChI=1S/C8H5Br2Cl3N2/c9-3-1-4(12)8(6(10)7(3)13)15-5(14)2-11/h1H,2H2,(H2,14,15). The third-order valence-electron chi connectivity index (χ3n) is 1.48. The Morgan fingerprint density at radius 1 is 1.40 bits per heavy atom. The van der Waals surface area contributed by atoms with Gasteiger partial charge in [0.25, 0.3) is 0 Å². The molecule has 0 unspecified atom stereocenters. The summed E-state index contributed by atoms with van der Waals surface area (Å²) in [5.41, 5.74) is 5.99. The van der Waals surface area contributed by atoms with E-state index in [1.165, 1.54) is 0 Å². The van der Waals surface area contributed by atoms with Gasteiger partial charge in [0, 0.05) is 4.47 Å². The van der Waals surface area contributed by atoms with Crippen molar-refractivity contribution in [2.45, 2.75) is 0 Å². The highest BCUT2D eigenvalue weighted by molar-refractivity contribution is 9.11. The second-order valence-corrected chi connectivity index (χ2v) is 5.25. The molecule has 1 aromatic rings. The molecule has 2 N–H and O–H groups in total. The van der Waals surface area contributed by atoms with Crippen LogP contribution < -0.4 is 5.73 Å². The van der Waals surface area contributed by atoms with Gasteiger partial charge in [-0.25, -0.2) is 4.99 Å².